The van der Waals surface area contributed by atoms with Crippen molar-refractivity contribution in [2.45, 2.75) is 27.2 Å². The van der Waals surface area contributed by atoms with Gasteiger partial charge in [-0.3, -0.25) is 14.9 Å². The molecule has 0 radical (unpaired) electrons. The number of nitro groups is 1. The van der Waals surface area contributed by atoms with Gasteiger partial charge < -0.3 is 25.8 Å². The van der Waals surface area contributed by atoms with Crippen LogP contribution in [0.3, 0.4) is 0 Å². The highest BCUT2D eigenvalue weighted by atomic mass is 32.1. The highest BCUT2D eigenvalue weighted by Crippen LogP contribution is 2.34. The van der Waals surface area contributed by atoms with E-state index in [1.807, 2.05) is 13.8 Å². The Bertz CT molecular complexity index is 959. The van der Waals surface area contributed by atoms with Gasteiger partial charge in [0, 0.05) is 23.6 Å². The van der Waals surface area contributed by atoms with Crippen molar-refractivity contribution in [2.24, 2.45) is 0 Å². The number of ether oxygens (including phenoxy) is 1. The molecule has 1 heterocycles. The number of carbonyl (C=O) groups is 2. The molecule has 168 valence electrons. The number of nitrogens with one attached hydrogen (secondary N) is 3. The van der Waals surface area contributed by atoms with Gasteiger partial charge in [0.1, 0.15) is 5.00 Å². The molecule has 0 aliphatic rings. The summed E-state index contributed by atoms with van der Waals surface area (Å²) in [4.78, 5) is 36.4. The van der Waals surface area contributed by atoms with Crippen molar-refractivity contribution >= 4 is 45.3 Å². The van der Waals surface area contributed by atoms with Gasteiger partial charge in [0.15, 0.2) is 0 Å². The highest BCUT2D eigenvalue weighted by molar-refractivity contribution is 7.17. The Balaban J connectivity index is 2.18. The summed E-state index contributed by atoms with van der Waals surface area (Å²) in [5, 5.41) is 29.0. The van der Waals surface area contributed by atoms with E-state index in [1.165, 1.54) is 29.5 Å². The summed E-state index contributed by atoms with van der Waals surface area (Å²) in [6.07, 6.45) is 0.713. The summed E-state index contributed by atoms with van der Waals surface area (Å²) < 4.78 is 5.12. The molecule has 4 N–H and O–H groups in total. The molecule has 1 aromatic heterocycles. The smallest absolute Gasteiger partial charge is 0.341 e. The molecule has 11 heteroatoms. The number of carbonyl (C=O) groups excluding carboxylic acids is 2. The van der Waals surface area contributed by atoms with Gasteiger partial charge in [-0.2, -0.15) is 0 Å². The van der Waals surface area contributed by atoms with E-state index in [0.29, 0.717) is 28.4 Å². The normalized spacial score (nSPS) is 10.5. The number of aliphatic hydroxyl groups excluding tert-OH is 1. The maximum absolute atomic E-state index is 12.6. The molecular weight excluding hydrogens is 424 g/mol. The Morgan fingerprint density at radius 3 is 2.58 bits per heavy atom. The van der Waals surface area contributed by atoms with Crippen LogP contribution in [0.5, 0.6) is 0 Å². The molecule has 1 amide bonds. The molecule has 0 spiro atoms. The van der Waals surface area contributed by atoms with Crippen molar-refractivity contribution in [3.8, 4) is 0 Å². The molecule has 0 unspecified atom stereocenters. The molecule has 0 aliphatic carbocycles. The summed E-state index contributed by atoms with van der Waals surface area (Å²) in [7, 11) is 0. The number of nitrogens with zero attached hydrogens (tertiary/aromatic N) is 1. The zero-order chi connectivity index (χ0) is 23.0. The van der Waals surface area contributed by atoms with E-state index in [-0.39, 0.29) is 32.0 Å². The average molecular weight is 451 g/mol. The number of hydrogen-bond acceptors (Lipinski definition) is 9. The van der Waals surface area contributed by atoms with E-state index in [0.717, 1.165) is 10.4 Å². The lowest BCUT2D eigenvalue weighted by atomic mass is 10.1. The second-order valence-corrected chi connectivity index (χ2v) is 7.57. The highest BCUT2D eigenvalue weighted by Gasteiger charge is 2.23. The van der Waals surface area contributed by atoms with Crippen LogP contribution >= 0.6 is 11.3 Å². The fraction of sp³-hybridized carbons (Fsp3) is 0.400. The van der Waals surface area contributed by atoms with Crippen molar-refractivity contribution in [3.63, 3.8) is 0 Å². The molecule has 31 heavy (non-hydrogen) atoms. The van der Waals surface area contributed by atoms with Crippen molar-refractivity contribution in [2.75, 3.05) is 42.3 Å². The first-order valence-electron chi connectivity index (χ1n) is 9.78. The third kappa shape index (κ3) is 6.15. The van der Waals surface area contributed by atoms with Crippen molar-refractivity contribution in [1.29, 1.82) is 0 Å². The first-order valence-corrected chi connectivity index (χ1v) is 10.6. The number of amides is 1. The summed E-state index contributed by atoms with van der Waals surface area (Å²) in [5.74, 6) is -0.914. The van der Waals surface area contributed by atoms with Crippen LogP contribution in [-0.4, -0.2) is 48.2 Å². The Kier molecular flexibility index (Phi) is 8.76. The molecule has 0 atom stereocenters. The number of non-ortho nitro benzene ring substituents is 1. The van der Waals surface area contributed by atoms with Gasteiger partial charge in [-0.25, -0.2) is 4.79 Å². The quantitative estimate of drug-likeness (QED) is 0.232. The maximum atomic E-state index is 12.6. The van der Waals surface area contributed by atoms with Gasteiger partial charge in [0.25, 0.3) is 5.69 Å². The fourth-order valence-corrected chi connectivity index (χ4v) is 4.07. The predicted octanol–water partition coefficient (Wildman–Crippen LogP) is 3.16. The first-order chi connectivity index (χ1) is 14.8. The van der Waals surface area contributed by atoms with Crippen LogP contribution in [0.2, 0.25) is 0 Å². The molecule has 10 nitrogen and oxygen atoms in total. The van der Waals surface area contributed by atoms with Gasteiger partial charge in [0.05, 0.1) is 41.6 Å². The lowest BCUT2D eigenvalue weighted by Crippen LogP contribution is -2.23. The van der Waals surface area contributed by atoms with Crippen LogP contribution in [0.15, 0.2) is 18.2 Å². The minimum Gasteiger partial charge on any atom is -0.462 e. The Hall–Kier alpha value is -3.18. The number of nitro benzene ring substituents is 1. The molecule has 0 aliphatic heterocycles. The van der Waals surface area contributed by atoms with E-state index in [9.17, 15) is 19.7 Å². The van der Waals surface area contributed by atoms with E-state index < -0.39 is 16.8 Å². The van der Waals surface area contributed by atoms with Crippen molar-refractivity contribution in [1.82, 2.24) is 0 Å². The molecule has 0 fully saturated rings. The third-order valence-electron chi connectivity index (χ3n) is 4.38. The summed E-state index contributed by atoms with van der Waals surface area (Å²) in [5.41, 5.74) is 1.85. The number of anilines is 3. The molecule has 0 saturated carbocycles. The van der Waals surface area contributed by atoms with Crippen LogP contribution in [0, 0.1) is 17.0 Å². The Morgan fingerprint density at radius 1 is 1.23 bits per heavy atom. The van der Waals surface area contributed by atoms with Crippen molar-refractivity contribution in [3.05, 3.63) is 44.3 Å². The fourth-order valence-electron chi connectivity index (χ4n) is 2.92. The van der Waals surface area contributed by atoms with Gasteiger partial charge >= 0.3 is 5.97 Å². The van der Waals surface area contributed by atoms with Crippen LogP contribution in [0.25, 0.3) is 0 Å². The van der Waals surface area contributed by atoms with Crippen LogP contribution < -0.4 is 16.0 Å². The Morgan fingerprint density at radius 2 is 1.97 bits per heavy atom. The maximum Gasteiger partial charge on any atom is 0.341 e. The topological polar surface area (TPSA) is 143 Å². The monoisotopic (exact) mass is 450 g/mol. The van der Waals surface area contributed by atoms with Crippen molar-refractivity contribution < 1.29 is 24.4 Å². The molecule has 2 rings (SSSR count). The SMILES string of the molecule is CCOC(=O)c1c(NC(=O)CNc2cc([N+](=O)[O-])ccc2NCCO)sc(CC)c1C. The van der Waals surface area contributed by atoms with E-state index in [4.69, 9.17) is 9.84 Å². The average Bonchev–Trinajstić information content (AvgIpc) is 3.05. The zero-order valence-corrected chi connectivity index (χ0v) is 18.4. The lowest BCUT2D eigenvalue weighted by Gasteiger charge is -2.13. The van der Waals surface area contributed by atoms with Crippen LogP contribution in [0.4, 0.5) is 22.1 Å². The first kappa shape index (κ1) is 24.1. The number of aliphatic hydroxyl groups is 1. The molecule has 0 saturated heterocycles. The number of esters is 1. The summed E-state index contributed by atoms with van der Waals surface area (Å²) >= 11 is 1.32. The number of benzene rings is 1. The summed E-state index contributed by atoms with van der Waals surface area (Å²) in [6, 6.07) is 4.14. The lowest BCUT2D eigenvalue weighted by molar-refractivity contribution is -0.384. The van der Waals surface area contributed by atoms with Gasteiger partial charge in [0.2, 0.25) is 5.91 Å². The number of hydrogen-bond donors (Lipinski definition) is 4. The van der Waals surface area contributed by atoms with Gasteiger partial charge in [-0.15, -0.1) is 11.3 Å². The van der Waals surface area contributed by atoms with Gasteiger partial charge in [-0.05, 0) is 31.9 Å². The van der Waals surface area contributed by atoms with Crippen LogP contribution in [-0.2, 0) is 16.0 Å². The number of aryl methyl sites for hydroxylation is 1. The molecule has 0 bridgehead atoms. The zero-order valence-electron chi connectivity index (χ0n) is 17.6. The molecular formula is C20H26N4O6S. The minimum absolute atomic E-state index is 0.120. The number of rotatable bonds is 11. The van der Waals surface area contributed by atoms with Gasteiger partial charge in [-0.1, -0.05) is 6.92 Å². The van der Waals surface area contributed by atoms with Crippen LogP contribution in [0.1, 0.15) is 34.6 Å². The Labute approximate surface area is 183 Å². The van der Waals surface area contributed by atoms with E-state index in [1.54, 1.807) is 6.92 Å². The largest absolute Gasteiger partial charge is 0.462 e. The second kappa shape index (κ2) is 11.3. The van der Waals surface area contributed by atoms with E-state index in [2.05, 4.69) is 16.0 Å². The molecule has 2 aromatic rings. The minimum atomic E-state index is -0.534. The standard InChI is InChI=1S/C20H26N4O6S/c1-4-16-12(3)18(20(27)30-5-2)19(31-16)23-17(26)11-22-15-10-13(24(28)29)6-7-14(15)21-8-9-25/h6-7,10,21-22,25H,4-5,8-9,11H2,1-3H3,(H,23,26). The third-order valence-corrected chi connectivity index (χ3v) is 5.73. The second-order valence-electron chi connectivity index (χ2n) is 6.47. The molecule has 1 aromatic carbocycles. The number of thiophene rings is 1. The summed E-state index contributed by atoms with van der Waals surface area (Å²) in [6.45, 7) is 5.66. The predicted molar refractivity (Wildman–Crippen MR) is 120 cm³/mol. The van der Waals surface area contributed by atoms with E-state index >= 15 is 0 Å².